The lowest BCUT2D eigenvalue weighted by Gasteiger charge is -2.05. The maximum atomic E-state index is 4.32. The Morgan fingerprint density at radius 3 is 1.60 bits per heavy atom. The summed E-state index contributed by atoms with van der Waals surface area (Å²) < 4.78 is 0. The van der Waals surface area contributed by atoms with Crippen molar-refractivity contribution in [3.8, 4) is 0 Å². The zero-order chi connectivity index (χ0) is 14.2. The van der Waals surface area contributed by atoms with E-state index in [4.69, 9.17) is 0 Å². The van der Waals surface area contributed by atoms with Gasteiger partial charge in [0.1, 0.15) is 0 Å². The molecule has 0 nitrogen and oxygen atoms in total. The van der Waals surface area contributed by atoms with Crippen LogP contribution in [0.2, 0.25) is 0 Å². The molecule has 2 aromatic carbocycles. The zero-order valence-corrected chi connectivity index (χ0v) is 13.2. The van der Waals surface area contributed by atoms with Crippen molar-refractivity contribution in [2.75, 3.05) is 0 Å². The molecule has 1 heteroatoms. The first-order valence-electron chi connectivity index (χ1n) is 7.63. The molecule has 0 bridgehead atoms. The highest BCUT2D eigenvalue weighted by molar-refractivity contribution is 7.80. The van der Waals surface area contributed by atoms with E-state index in [1.807, 2.05) is 0 Å². The van der Waals surface area contributed by atoms with Crippen molar-refractivity contribution in [3.63, 3.8) is 0 Å². The van der Waals surface area contributed by atoms with Crippen LogP contribution in [0.4, 0.5) is 0 Å². The van der Waals surface area contributed by atoms with E-state index in [0.29, 0.717) is 0 Å². The number of benzene rings is 2. The average Bonchev–Trinajstić information content (AvgIpc) is 2.48. The molecule has 0 N–H and O–H groups in total. The van der Waals surface area contributed by atoms with Gasteiger partial charge in [0.15, 0.2) is 0 Å². The monoisotopic (exact) mass is 284 g/mol. The summed E-state index contributed by atoms with van der Waals surface area (Å²) in [5.41, 5.74) is 4.29. The van der Waals surface area contributed by atoms with Crippen LogP contribution in [-0.2, 0) is 19.3 Å². The second kappa shape index (κ2) is 8.16. The van der Waals surface area contributed by atoms with Gasteiger partial charge in [-0.3, -0.25) is 0 Å². The summed E-state index contributed by atoms with van der Waals surface area (Å²) in [5.74, 6) is 0. The molecule has 0 saturated carbocycles. The van der Waals surface area contributed by atoms with E-state index >= 15 is 0 Å². The van der Waals surface area contributed by atoms with Crippen molar-refractivity contribution in [3.05, 3.63) is 65.2 Å². The fourth-order valence-corrected chi connectivity index (χ4v) is 2.55. The number of aryl methyl sites for hydroxylation is 3. The molecule has 0 aliphatic rings. The van der Waals surface area contributed by atoms with Crippen LogP contribution in [0.3, 0.4) is 0 Å². The largest absolute Gasteiger partial charge is 0.143 e. The first-order valence-corrected chi connectivity index (χ1v) is 8.08. The third kappa shape index (κ3) is 5.05. The summed E-state index contributed by atoms with van der Waals surface area (Å²) in [4.78, 5) is 1.03. The molecule has 106 valence electrons. The maximum absolute atomic E-state index is 4.32. The minimum absolute atomic E-state index is 1.03. The molecule has 20 heavy (non-hydrogen) atoms. The molecule has 0 radical (unpaired) electrons. The predicted octanol–water partition coefficient (Wildman–Crippen LogP) is 5.49. The van der Waals surface area contributed by atoms with Gasteiger partial charge in [-0.1, -0.05) is 56.2 Å². The van der Waals surface area contributed by atoms with Gasteiger partial charge in [0.2, 0.25) is 0 Å². The second-order valence-corrected chi connectivity index (χ2v) is 5.96. The van der Waals surface area contributed by atoms with Crippen LogP contribution in [0, 0.1) is 0 Å². The molecule has 0 atom stereocenters. The highest BCUT2D eigenvalue weighted by Crippen LogP contribution is 2.13. The molecule has 0 heterocycles. The zero-order valence-electron chi connectivity index (χ0n) is 12.3. The number of thiol groups is 1. The minimum atomic E-state index is 1.03. The molecule has 0 saturated heterocycles. The Kier molecular flexibility index (Phi) is 6.20. The Bertz CT molecular complexity index is 496. The number of unbranched alkanes of at least 4 members (excludes halogenated alkanes) is 2. The maximum Gasteiger partial charge on any atom is 0.00401 e. The van der Waals surface area contributed by atoms with Gasteiger partial charge in [0.05, 0.1) is 0 Å². The fourth-order valence-electron chi connectivity index (χ4n) is 2.40. The van der Waals surface area contributed by atoms with Crippen LogP contribution < -0.4 is 0 Å². The van der Waals surface area contributed by atoms with Crippen LogP contribution in [0.5, 0.6) is 0 Å². The van der Waals surface area contributed by atoms with Crippen molar-refractivity contribution < 1.29 is 0 Å². The van der Waals surface area contributed by atoms with Crippen molar-refractivity contribution >= 4 is 12.6 Å². The Morgan fingerprint density at radius 1 is 0.650 bits per heavy atom. The molecule has 0 aliphatic carbocycles. The van der Waals surface area contributed by atoms with Crippen molar-refractivity contribution in [1.29, 1.82) is 0 Å². The molecule has 0 spiro atoms. The third-order valence-corrected chi connectivity index (χ3v) is 4.03. The van der Waals surface area contributed by atoms with E-state index < -0.39 is 0 Å². The molecule has 2 aromatic rings. The van der Waals surface area contributed by atoms with Gasteiger partial charge in [0.25, 0.3) is 0 Å². The minimum Gasteiger partial charge on any atom is -0.143 e. The summed E-state index contributed by atoms with van der Waals surface area (Å²) in [7, 11) is 0. The van der Waals surface area contributed by atoms with Crippen molar-refractivity contribution in [1.82, 2.24) is 0 Å². The Hall–Kier alpha value is -1.21. The predicted molar refractivity (Wildman–Crippen MR) is 90.8 cm³/mol. The lowest BCUT2D eigenvalue weighted by molar-refractivity contribution is 0.717. The highest BCUT2D eigenvalue weighted by atomic mass is 32.1. The van der Waals surface area contributed by atoms with Crippen molar-refractivity contribution in [2.45, 2.75) is 50.3 Å². The van der Waals surface area contributed by atoms with Crippen molar-refractivity contribution in [2.24, 2.45) is 0 Å². The van der Waals surface area contributed by atoms with Gasteiger partial charge in [-0.25, -0.2) is 0 Å². The lowest BCUT2D eigenvalue weighted by atomic mass is 10.0. The van der Waals surface area contributed by atoms with Crippen LogP contribution in [0.25, 0.3) is 0 Å². The van der Waals surface area contributed by atoms with E-state index in [1.54, 1.807) is 0 Å². The fraction of sp³-hybridized carbons (Fsp3) is 0.368. The van der Waals surface area contributed by atoms with Gasteiger partial charge in [-0.05, 0) is 54.5 Å². The van der Waals surface area contributed by atoms with E-state index in [0.717, 1.165) is 17.7 Å². The first-order chi connectivity index (χ1) is 9.78. The smallest absolute Gasteiger partial charge is 0.00401 e. The molecular formula is C19H24S. The van der Waals surface area contributed by atoms with Gasteiger partial charge in [0, 0.05) is 4.90 Å². The summed E-state index contributed by atoms with van der Waals surface area (Å²) in [6.45, 7) is 2.25. The van der Waals surface area contributed by atoms with Crippen LogP contribution in [-0.4, -0.2) is 0 Å². The Morgan fingerprint density at radius 2 is 1.10 bits per heavy atom. The number of hydrogen-bond acceptors (Lipinski definition) is 1. The van der Waals surface area contributed by atoms with E-state index in [9.17, 15) is 0 Å². The molecule has 0 aliphatic heterocycles. The molecule has 0 aromatic heterocycles. The standard InChI is InChI=1S/C19H24S/c1-2-3-4-5-16-6-8-17(9-7-16)10-11-18-12-14-19(20)15-13-18/h6-9,12-15,20H,2-5,10-11H2,1H3. The van der Waals surface area contributed by atoms with Gasteiger partial charge >= 0.3 is 0 Å². The van der Waals surface area contributed by atoms with E-state index in [-0.39, 0.29) is 0 Å². The van der Waals surface area contributed by atoms with Crippen LogP contribution >= 0.6 is 12.6 Å². The summed E-state index contributed by atoms with van der Waals surface area (Å²) in [6.07, 6.45) is 7.37. The first kappa shape index (κ1) is 15.2. The highest BCUT2D eigenvalue weighted by Gasteiger charge is 1.98. The summed E-state index contributed by atoms with van der Waals surface area (Å²) in [5, 5.41) is 0. The molecule has 0 amide bonds. The lowest BCUT2D eigenvalue weighted by Crippen LogP contribution is -1.92. The molecule has 0 fully saturated rings. The normalized spacial score (nSPS) is 10.7. The quantitative estimate of drug-likeness (QED) is 0.504. The molecule has 2 rings (SSSR count). The topological polar surface area (TPSA) is 0 Å². The average molecular weight is 284 g/mol. The SMILES string of the molecule is CCCCCc1ccc(CCc2ccc(S)cc2)cc1. The Labute approximate surface area is 128 Å². The Balaban J connectivity index is 1.82. The van der Waals surface area contributed by atoms with Gasteiger partial charge in [-0.15, -0.1) is 12.6 Å². The van der Waals surface area contributed by atoms with Crippen LogP contribution in [0.15, 0.2) is 53.4 Å². The molecule has 0 unspecified atom stereocenters. The van der Waals surface area contributed by atoms with Crippen LogP contribution in [0.1, 0.15) is 42.9 Å². The van der Waals surface area contributed by atoms with E-state index in [2.05, 4.69) is 68.1 Å². The van der Waals surface area contributed by atoms with Gasteiger partial charge in [-0.2, -0.15) is 0 Å². The number of rotatable bonds is 7. The van der Waals surface area contributed by atoms with Gasteiger partial charge < -0.3 is 0 Å². The number of hydrogen-bond donors (Lipinski definition) is 1. The summed E-state index contributed by atoms with van der Waals surface area (Å²) in [6, 6.07) is 17.6. The molecular weight excluding hydrogens is 260 g/mol. The summed E-state index contributed by atoms with van der Waals surface area (Å²) >= 11 is 4.32. The van der Waals surface area contributed by atoms with E-state index in [1.165, 1.54) is 42.4 Å². The third-order valence-electron chi connectivity index (χ3n) is 3.73. The second-order valence-electron chi connectivity index (χ2n) is 5.44.